The van der Waals surface area contributed by atoms with Gasteiger partial charge in [0.1, 0.15) is 0 Å². The van der Waals surface area contributed by atoms with Crippen LogP contribution in [0.4, 0.5) is 13.2 Å². The highest BCUT2D eigenvalue weighted by Crippen LogP contribution is 2.56. The van der Waals surface area contributed by atoms with Crippen molar-refractivity contribution in [1.82, 2.24) is 14.8 Å². The summed E-state index contributed by atoms with van der Waals surface area (Å²) in [5.74, 6) is 0.568. The van der Waals surface area contributed by atoms with Crippen LogP contribution >= 0.6 is 0 Å². The van der Waals surface area contributed by atoms with E-state index in [0.717, 1.165) is 44.8 Å². The van der Waals surface area contributed by atoms with Crippen LogP contribution in [0.3, 0.4) is 0 Å². The first-order valence-corrected chi connectivity index (χ1v) is 12.7. The summed E-state index contributed by atoms with van der Waals surface area (Å²) in [5, 5.41) is 0. The van der Waals surface area contributed by atoms with E-state index in [1.54, 1.807) is 0 Å². The molecule has 1 aromatic heterocycles. The topological polar surface area (TPSA) is 36.4 Å². The van der Waals surface area contributed by atoms with Crippen LogP contribution in [0.2, 0.25) is 0 Å². The van der Waals surface area contributed by atoms with Gasteiger partial charge in [-0.05, 0) is 81.7 Å². The highest BCUT2D eigenvalue weighted by molar-refractivity contribution is 5.84. The van der Waals surface area contributed by atoms with E-state index in [2.05, 4.69) is 49.0 Å². The van der Waals surface area contributed by atoms with Crippen molar-refractivity contribution in [2.75, 3.05) is 13.6 Å². The molecule has 3 aliphatic rings. The van der Waals surface area contributed by atoms with Crippen molar-refractivity contribution in [2.45, 2.75) is 77.7 Å². The van der Waals surface area contributed by atoms with Gasteiger partial charge >= 0.3 is 6.18 Å². The highest BCUT2D eigenvalue weighted by atomic mass is 19.4. The molecule has 188 valence electrons. The number of carbonyl (C=O) groups excluding carboxylic acids is 1. The summed E-state index contributed by atoms with van der Waals surface area (Å²) >= 11 is 0. The fraction of sp³-hybridized carbons (Fsp3) is 0.571. The predicted molar refractivity (Wildman–Crippen MR) is 129 cm³/mol. The SMILES string of the molecule is Cc1ccc(CN(C)C2CC3CCCC3(C(=O)N3CCc4cc(C(F)(F)F)cnc4C3)C2)c(C)c1. The van der Waals surface area contributed by atoms with Gasteiger partial charge in [0.15, 0.2) is 0 Å². The number of alkyl halides is 3. The number of carbonyl (C=O) groups is 1. The van der Waals surface area contributed by atoms with Crippen molar-refractivity contribution >= 4 is 5.91 Å². The maximum absolute atomic E-state index is 14.0. The maximum atomic E-state index is 14.0. The van der Waals surface area contributed by atoms with Crippen LogP contribution in [0, 0.1) is 25.2 Å². The summed E-state index contributed by atoms with van der Waals surface area (Å²) in [6.45, 7) is 5.91. The minimum Gasteiger partial charge on any atom is -0.336 e. The number of pyridine rings is 1. The van der Waals surface area contributed by atoms with E-state index in [1.807, 2.05) is 4.90 Å². The van der Waals surface area contributed by atoms with Crippen LogP contribution in [0.25, 0.3) is 0 Å². The molecule has 35 heavy (non-hydrogen) atoms. The van der Waals surface area contributed by atoms with Crippen molar-refractivity contribution in [1.29, 1.82) is 0 Å². The van der Waals surface area contributed by atoms with E-state index in [4.69, 9.17) is 0 Å². The smallest absolute Gasteiger partial charge is 0.336 e. The Kier molecular flexibility index (Phi) is 6.19. The van der Waals surface area contributed by atoms with Crippen molar-refractivity contribution in [3.63, 3.8) is 0 Å². The number of aromatic nitrogens is 1. The molecule has 0 bridgehead atoms. The summed E-state index contributed by atoms with van der Waals surface area (Å²) in [6.07, 6.45) is 1.89. The van der Waals surface area contributed by atoms with Crippen LogP contribution in [-0.2, 0) is 30.5 Å². The van der Waals surface area contributed by atoms with E-state index in [1.165, 1.54) is 22.8 Å². The van der Waals surface area contributed by atoms with Crippen LogP contribution in [0.1, 0.15) is 65.6 Å². The molecule has 0 radical (unpaired) electrons. The molecule has 1 aliphatic heterocycles. The van der Waals surface area contributed by atoms with E-state index in [9.17, 15) is 18.0 Å². The average molecular weight is 486 g/mol. The molecule has 3 unspecified atom stereocenters. The molecule has 1 aromatic carbocycles. The van der Waals surface area contributed by atoms with Crippen LogP contribution in [-0.4, -0.2) is 40.3 Å². The molecular formula is C28H34F3N3O. The van der Waals surface area contributed by atoms with Gasteiger partial charge in [0.2, 0.25) is 5.91 Å². The maximum Gasteiger partial charge on any atom is 0.417 e. The third-order valence-corrected chi connectivity index (χ3v) is 8.75. The number of amides is 1. The number of aryl methyl sites for hydroxylation is 2. The zero-order chi connectivity index (χ0) is 25.0. The number of nitrogens with zero attached hydrogens (tertiary/aromatic N) is 3. The number of halogens is 3. The molecule has 2 fully saturated rings. The van der Waals surface area contributed by atoms with Gasteiger partial charge in [0, 0.05) is 25.3 Å². The molecular weight excluding hydrogens is 451 g/mol. The summed E-state index contributed by atoms with van der Waals surface area (Å²) in [5.41, 5.74) is 4.05. The quantitative estimate of drug-likeness (QED) is 0.559. The van der Waals surface area contributed by atoms with Crippen molar-refractivity contribution in [3.05, 3.63) is 64.0 Å². The van der Waals surface area contributed by atoms with Crippen molar-refractivity contribution in [3.8, 4) is 0 Å². The molecule has 2 saturated carbocycles. The minimum atomic E-state index is -4.40. The van der Waals surface area contributed by atoms with Gasteiger partial charge in [0.25, 0.3) is 0 Å². The van der Waals surface area contributed by atoms with Crippen LogP contribution < -0.4 is 0 Å². The second kappa shape index (κ2) is 8.91. The van der Waals surface area contributed by atoms with Gasteiger partial charge in [-0.15, -0.1) is 0 Å². The minimum absolute atomic E-state index is 0.190. The van der Waals surface area contributed by atoms with E-state index in [-0.39, 0.29) is 11.3 Å². The van der Waals surface area contributed by atoms with Gasteiger partial charge in [-0.25, -0.2) is 0 Å². The number of rotatable bonds is 4. The normalized spacial score (nSPS) is 26.2. The highest BCUT2D eigenvalue weighted by Gasteiger charge is 2.56. The van der Waals surface area contributed by atoms with Crippen LogP contribution in [0.15, 0.2) is 30.5 Å². The number of benzene rings is 1. The molecule has 4 nitrogen and oxygen atoms in total. The first-order chi connectivity index (χ1) is 16.6. The monoisotopic (exact) mass is 485 g/mol. The molecule has 3 atom stereocenters. The van der Waals surface area contributed by atoms with Gasteiger partial charge in [-0.1, -0.05) is 30.2 Å². The third-order valence-electron chi connectivity index (χ3n) is 8.75. The lowest BCUT2D eigenvalue weighted by Gasteiger charge is -2.37. The molecule has 0 N–H and O–H groups in total. The molecule has 2 aliphatic carbocycles. The van der Waals surface area contributed by atoms with Gasteiger partial charge in [-0.2, -0.15) is 13.2 Å². The molecule has 5 rings (SSSR count). The summed E-state index contributed by atoms with van der Waals surface area (Å²) in [6, 6.07) is 8.14. The first kappa shape index (κ1) is 24.3. The zero-order valence-corrected chi connectivity index (χ0v) is 20.8. The lowest BCUT2D eigenvalue weighted by molar-refractivity contribution is -0.145. The Morgan fingerprint density at radius 2 is 2.06 bits per heavy atom. The lowest BCUT2D eigenvalue weighted by atomic mass is 9.78. The number of fused-ring (bicyclic) bond motifs is 2. The van der Waals surface area contributed by atoms with Crippen molar-refractivity contribution in [2.24, 2.45) is 11.3 Å². The predicted octanol–water partition coefficient (Wildman–Crippen LogP) is 5.68. The second-order valence-corrected chi connectivity index (χ2v) is 11.0. The Labute approximate surface area is 205 Å². The second-order valence-electron chi connectivity index (χ2n) is 11.0. The first-order valence-electron chi connectivity index (χ1n) is 12.7. The molecule has 1 amide bonds. The Morgan fingerprint density at radius 1 is 1.26 bits per heavy atom. The van der Waals surface area contributed by atoms with E-state index in [0.29, 0.717) is 42.7 Å². The lowest BCUT2D eigenvalue weighted by Crippen LogP contribution is -2.47. The molecule has 0 spiro atoms. The molecule has 2 aromatic rings. The summed E-state index contributed by atoms with van der Waals surface area (Å²) in [4.78, 5) is 22.3. The third kappa shape index (κ3) is 4.48. The summed E-state index contributed by atoms with van der Waals surface area (Å²) in [7, 11) is 2.17. The van der Waals surface area contributed by atoms with Gasteiger partial charge in [-0.3, -0.25) is 14.7 Å². The Bertz CT molecular complexity index is 1130. The molecule has 0 saturated heterocycles. The largest absolute Gasteiger partial charge is 0.417 e. The van der Waals surface area contributed by atoms with E-state index >= 15 is 0 Å². The molecule has 7 heteroatoms. The van der Waals surface area contributed by atoms with Crippen molar-refractivity contribution < 1.29 is 18.0 Å². The standard InChI is InChI=1S/C28H34F3N3O/c1-18-6-7-21(19(2)11-18)16-33(3)24-13-22-5-4-9-27(22,14-24)26(35)34-10-8-20-12-23(28(29,30)31)15-32-25(20)17-34/h6-7,11-12,15,22,24H,4-5,8-10,13-14,16-17H2,1-3H3. The Morgan fingerprint density at radius 3 is 2.80 bits per heavy atom. The Balaban J connectivity index is 1.30. The fourth-order valence-electron chi connectivity index (χ4n) is 6.77. The number of hydrogen-bond donors (Lipinski definition) is 0. The average Bonchev–Trinajstić information content (AvgIpc) is 3.38. The van der Waals surface area contributed by atoms with Gasteiger partial charge in [0.05, 0.1) is 23.2 Å². The van der Waals surface area contributed by atoms with Crippen LogP contribution in [0.5, 0.6) is 0 Å². The fourth-order valence-corrected chi connectivity index (χ4v) is 6.77. The Hall–Kier alpha value is -2.41. The molecule has 2 heterocycles. The zero-order valence-electron chi connectivity index (χ0n) is 20.8. The summed E-state index contributed by atoms with van der Waals surface area (Å²) < 4.78 is 39.3. The number of hydrogen-bond acceptors (Lipinski definition) is 3. The van der Waals surface area contributed by atoms with Gasteiger partial charge < -0.3 is 4.90 Å². The van der Waals surface area contributed by atoms with E-state index < -0.39 is 11.7 Å².